The van der Waals surface area contributed by atoms with Gasteiger partial charge in [0.25, 0.3) is 11.8 Å². The molecule has 0 radical (unpaired) electrons. The van der Waals surface area contributed by atoms with E-state index in [4.69, 9.17) is 13.9 Å². The molecule has 6 nitrogen and oxygen atoms in total. The van der Waals surface area contributed by atoms with Crippen molar-refractivity contribution in [1.29, 1.82) is 0 Å². The van der Waals surface area contributed by atoms with Crippen LogP contribution >= 0.6 is 11.3 Å². The lowest BCUT2D eigenvalue weighted by Crippen LogP contribution is -3.07. The van der Waals surface area contributed by atoms with Gasteiger partial charge < -0.3 is 18.8 Å². The smallest absolute Gasteiger partial charge is 0.274 e. The number of hydrogen-bond acceptors (Lipinski definition) is 6. The first-order chi connectivity index (χ1) is 12.5. The Balaban J connectivity index is 1.76. The summed E-state index contributed by atoms with van der Waals surface area (Å²) < 4.78 is 16.7. The number of thiophene rings is 1. The summed E-state index contributed by atoms with van der Waals surface area (Å²) in [4.78, 5) is 2.24. The van der Waals surface area contributed by atoms with Crippen LogP contribution in [0.25, 0.3) is 10.8 Å². The van der Waals surface area contributed by atoms with Gasteiger partial charge in [-0.2, -0.15) is 0 Å². The summed E-state index contributed by atoms with van der Waals surface area (Å²) in [5.41, 5.74) is 2.36. The van der Waals surface area contributed by atoms with Gasteiger partial charge in [0.05, 0.1) is 26.1 Å². The molecule has 1 aromatic carbocycles. The molecule has 2 atom stereocenters. The lowest BCUT2D eigenvalue weighted by Gasteiger charge is -2.20. The van der Waals surface area contributed by atoms with Crippen LogP contribution in [0.2, 0.25) is 0 Å². The zero-order valence-corrected chi connectivity index (χ0v) is 16.5. The maximum Gasteiger partial charge on any atom is 0.274 e. The number of aromatic nitrogens is 2. The van der Waals surface area contributed by atoms with Crippen molar-refractivity contribution in [3.05, 3.63) is 46.7 Å². The number of methoxy groups -OCH3 is 2. The summed E-state index contributed by atoms with van der Waals surface area (Å²) in [6.45, 7) is 4.98. The van der Waals surface area contributed by atoms with Gasteiger partial charge in [0.15, 0.2) is 17.5 Å². The topological polar surface area (TPSA) is 61.8 Å². The summed E-state index contributed by atoms with van der Waals surface area (Å²) in [6.07, 6.45) is 0. The van der Waals surface area contributed by atoms with E-state index < -0.39 is 0 Å². The first-order valence-electron chi connectivity index (χ1n) is 8.44. The van der Waals surface area contributed by atoms with Gasteiger partial charge in [0, 0.05) is 5.56 Å². The number of quaternary nitrogens is 1. The Hall–Kier alpha value is -2.38. The molecule has 0 aliphatic rings. The molecule has 0 amide bonds. The molecule has 2 aromatic heterocycles. The van der Waals surface area contributed by atoms with Crippen LogP contribution in [-0.4, -0.2) is 31.5 Å². The molecule has 1 N–H and O–H groups in total. The molecule has 0 bridgehead atoms. The zero-order valence-electron chi connectivity index (χ0n) is 15.7. The Labute approximate surface area is 157 Å². The van der Waals surface area contributed by atoms with E-state index in [1.165, 1.54) is 16.0 Å². The van der Waals surface area contributed by atoms with E-state index in [1.54, 1.807) is 25.6 Å². The maximum atomic E-state index is 5.88. The number of rotatable bonds is 7. The van der Waals surface area contributed by atoms with Crippen molar-refractivity contribution in [3.8, 4) is 22.3 Å². The molecule has 0 saturated carbocycles. The van der Waals surface area contributed by atoms with Gasteiger partial charge in [-0.15, -0.1) is 21.5 Å². The van der Waals surface area contributed by atoms with Gasteiger partial charge >= 0.3 is 0 Å². The predicted octanol–water partition coefficient (Wildman–Crippen LogP) is 2.90. The fraction of sp³-hybridized carbons (Fsp3) is 0.368. The van der Waals surface area contributed by atoms with Crippen LogP contribution in [0.15, 0.2) is 34.1 Å². The molecule has 0 saturated heterocycles. The maximum absolute atomic E-state index is 5.88. The minimum atomic E-state index is 0.0729. The summed E-state index contributed by atoms with van der Waals surface area (Å²) in [5.74, 6) is 2.71. The largest absolute Gasteiger partial charge is 0.493 e. The third kappa shape index (κ3) is 3.73. The highest BCUT2D eigenvalue weighted by Gasteiger charge is 2.24. The standard InChI is InChI=1S/C19H23N3O3S/c1-12-9-15(23-4)16(24-5)10-14(12)11-22(3)13(2)18-20-21-19(25-18)17-7-6-8-26-17/h6-10,13H,11H2,1-5H3/p+1/t13-/m0/s1. The minimum Gasteiger partial charge on any atom is -0.493 e. The van der Waals surface area contributed by atoms with Crippen LogP contribution in [0.4, 0.5) is 0 Å². The van der Waals surface area contributed by atoms with Crippen molar-refractivity contribution >= 4 is 11.3 Å². The fourth-order valence-electron chi connectivity index (χ4n) is 2.79. The van der Waals surface area contributed by atoms with E-state index in [-0.39, 0.29) is 6.04 Å². The Bertz CT molecular complexity index is 861. The average Bonchev–Trinajstić information content (AvgIpc) is 3.33. The third-order valence-electron chi connectivity index (χ3n) is 4.59. The highest BCUT2D eigenvalue weighted by Crippen LogP contribution is 2.30. The lowest BCUT2D eigenvalue weighted by atomic mass is 10.1. The number of nitrogens with one attached hydrogen (secondary N) is 1. The van der Waals surface area contributed by atoms with Crippen LogP contribution in [0.1, 0.15) is 30.0 Å². The molecule has 0 aliphatic carbocycles. The third-order valence-corrected chi connectivity index (χ3v) is 5.45. The molecule has 3 rings (SSSR count). The Morgan fingerprint density at radius 2 is 1.92 bits per heavy atom. The van der Waals surface area contributed by atoms with Crippen LogP contribution < -0.4 is 14.4 Å². The molecule has 0 fully saturated rings. The normalized spacial score (nSPS) is 13.4. The summed E-state index contributed by atoms with van der Waals surface area (Å²) >= 11 is 1.59. The first-order valence-corrected chi connectivity index (χ1v) is 9.32. The zero-order chi connectivity index (χ0) is 18.7. The molecule has 0 spiro atoms. The Morgan fingerprint density at radius 3 is 2.58 bits per heavy atom. The molecule has 2 heterocycles. The monoisotopic (exact) mass is 374 g/mol. The van der Waals surface area contributed by atoms with Crippen molar-refractivity contribution in [2.45, 2.75) is 26.4 Å². The molecule has 138 valence electrons. The van der Waals surface area contributed by atoms with E-state index >= 15 is 0 Å². The van der Waals surface area contributed by atoms with E-state index in [1.807, 2.05) is 29.6 Å². The SMILES string of the molecule is COc1cc(C)c(C[NH+](C)[C@@H](C)c2nnc(-c3cccs3)o2)cc1OC. The van der Waals surface area contributed by atoms with E-state index in [0.717, 1.165) is 22.9 Å². The van der Waals surface area contributed by atoms with Crippen LogP contribution in [-0.2, 0) is 6.54 Å². The first kappa shape index (κ1) is 18.4. The van der Waals surface area contributed by atoms with Gasteiger partial charge in [-0.3, -0.25) is 0 Å². The molecule has 3 aromatic rings. The highest BCUT2D eigenvalue weighted by atomic mass is 32.1. The van der Waals surface area contributed by atoms with Crippen molar-refractivity contribution in [3.63, 3.8) is 0 Å². The van der Waals surface area contributed by atoms with E-state index in [2.05, 4.69) is 31.1 Å². The molecule has 1 unspecified atom stereocenters. The summed E-state index contributed by atoms with van der Waals surface area (Å²) in [5, 5.41) is 10.4. The van der Waals surface area contributed by atoms with Crippen molar-refractivity contribution in [1.82, 2.24) is 10.2 Å². The van der Waals surface area contributed by atoms with E-state index in [9.17, 15) is 0 Å². The van der Waals surface area contributed by atoms with Crippen LogP contribution in [0, 0.1) is 6.92 Å². The van der Waals surface area contributed by atoms with Gasteiger partial charge in [-0.25, -0.2) is 0 Å². The Morgan fingerprint density at radius 1 is 1.19 bits per heavy atom. The number of ether oxygens (including phenoxy) is 2. The molecule has 26 heavy (non-hydrogen) atoms. The van der Waals surface area contributed by atoms with Crippen molar-refractivity contribution in [2.75, 3.05) is 21.3 Å². The molecule has 0 aliphatic heterocycles. The van der Waals surface area contributed by atoms with Gasteiger partial charge in [-0.05, 0) is 43.0 Å². The molecular formula is C19H24N3O3S+. The number of aryl methyl sites for hydroxylation is 1. The number of hydrogen-bond donors (Lipinski definition) is 1. The second-order valence-electron chi connectivity index (χ2n) is 6.30. The van der Waals surface area contributed by atoms with Crippen LogP contribution in [0.3, 0.4) is 0 Å². The van der Waals surface area contributed by atoms with Gasteiger partial charge in [-0.1, -0.05) is 6.07 Å². The second kappa shape index (κ2) is 7.88. The minimum absolute atomic E-state index is 0.0729. The quantitative estimate of drug-likeness (QED) is 0.689. The predicted molar refractivity (Wildman–Crippen MR) is 101 cm³/mol. The highest BCUT2D eigenvalue weighted by molar-refractivity contribution is 7.13. The number of benzene rings is 1. The van der Waals surface area contributed by atoms with Gasteiger partial charge in [0.1, 0.15) is 6.54 Å². The fourth-order valence-corrected chi connectivity index (χ4v) is 3.43. The average molecular weight is 374 g/mol. The Kier molecular flexibility index (Phi) is 5.58. The lowest BCUT2D eigenvalue weighted by molar-refractivity contribution is -0.925. The van der Waals surface area contributed by atoms with E-state index in [0.29, 0.717) is 11.8 Å². The molecule has 7 heteroatoms. The van der Waals surface area contributed by atoms with Crippen molar-refractivity contribution in [2.24, 2.45) is 0 Å². The molecular weight excluding hydrogens is 350 g/mol. The number of nitrogens with zero attached hydrogens (tertiary/aromatic N) is 2. The van der Waals surface area contributed by atoms with Gasteiger partial charge in [0.2, 0.25) is 0 Å². The van der Waals surface area contributed by atoms with Crippen LogP contribution in [0.5, 0.6) is 11.5 Å². The summed E-state index contributed by atoms with van der Waals surface area (Å²) in [7, 11) is 5.42. The second-order valence-corrected chi connectivity index (χ2v) is 7.25. The van der Waals surface area contributed by atoms with Crippen molar-refractivity contribution < 1.29 is 18.8 Å². The summed E-state index contributed by atoms with van der Waals surface area (Å²) in [6, 6.07) is 8.08.